The van der Waals surface area contributed by atoms with Crippen LogP contribution in [0.4, 0.5) is 0 Å². The van der Waals surface area contributed by atoms with E-state index in [4.69, 9.17) is 4.74 Å². The molecule has 2 N–H and O–H groups in total. The van der Waals surface area contributed by atoms with Gasteiger partial charge < -0.3 is 19.7 Å². The van der Waals surface area contributed by atoms with E-state index in [9.17, 15) is 14.7 Å². The number of methoxy groups -OCH3 is 1. The first-order chi connectivity index (χ1) is 10.1. The summed E-state index contributed by atoms with van der Waals surface area (Å²) in [7, 11) is 1.53. The fourth-order valence-electron chi connectivity index (χ4n) is 2.84. The lowest BCUT2D eigenvalue weighted by molar-refractivity contribution is -0.141. The van der Waals surface area contributed by atoms with Crippen molar-refractivity contribution in [2.45, 2.75) is 18.6 Å². The van der Waals surface area contributed by atoms with Gasteiger partial charge in [-0.05, 0) is 12.1 Å². The van der Waals surface area contributed by atoms with Gasteiger partial charge in [-0.25, -0.2) is 4.79 Å². The van der Waals surface area contributed by atoms with E-state index < -0.39 is 12.0 Å². The zero-order valence-corrected chi connectivity index (χ0v) is 11.6. The average molecular weight is 288 g/mol. The Morgan fingerprint density at radius 2 is 2.19 bits per heavy atom. The highest BCUT2D eigenvalue weighted by Gasteiger charge is 2.40. The van der Waals surface area contributed by atoms with E-state index in [0.717, 1.165) is 10.9 Å². The number of hydrogen-bond acceptors (Lipinski definition) is 3. The molecule has 0 radical (unpaired) electrons. The molecule has 0 bridgehead atoms. The summed E-state index contributed by atoms with van der Waals surface area (Å²) in [6, 6.07) is 6.44. The Kier molecular flexibility index (Phi) is 3.39. The number of fused-ring (bicyclic) bond motifs is 1. The standard InChI is InChI=1S/C15H16N2O4/c1-21-10-7-12(15(19)20)17(8-10)14(18)11-4-2-3-9-5-6-16-13(9)11/h2-6,10,12,16H,7-8H2,1H3,(H,19,20). The second kappa shape index (κ2) is 5.21. The number of amides is 1. The van der Waals surface area contributed by atoms with E-state index in [1.54, 1.807) is 18.3 Å². The van der Waals surface area contributed by atoms with E-state index in [-0.39, 0.29) is 12.0 Å². The van der Waals surface area contributed by atoms with Gasteiger partial charge in [0.2, 0.25) is 0 Å². The minimum absolute atomic E-state index is 0.238. The Hall–Kier alpha value is -2.34. The number of carbonyl (C=O) groups excluding carboxylic acids is 1. The third-order valence-corrected chi connectivity index (χ3v) is 3.96. The Balaban J connectivity index is 1.97. The minimum atomic E-state index is -0.999. The number of rotatable bonds is 3. The van der Waals surface area contributed by atoms with Crippen molar-refractivity contribution in [3.8, 4) is 0 Å². The van der Waals surface area contributed by atoms with E-state index in [1.807, 2.05) is 12.1 Å². The largest absolute Gasteiger partial charge is 0.480 e. The Morgan fingerprint density at radius 3 is 2.90 bits per heavy atom. The fourth-order valence-corrected chi connectivity index (χ4v) is 2.84. The molecule has 1 aromatic carbocycles. The van der Waals surface area contributed by atoms with E-state index >= 15 is 0 Å². The molecule has 1 amide bonds. The van der Waals surface area contributed by atoms with E-state index in [2.05, 4.69) is 4.98 Å². The summed E-state index contributed by atoms with van der Waals surface area (Å²) >= 11 is 0. The lowest BCUT2D eigenvalue weighted by atomic mass is 10.1. The monoisotopic (exact) mass is 288 g/mol. The molecule has 6 heteroatoms. The Bertz CT molecular complexity index is 694. The lowest BCUT2D eigenvalue weighted by Gasteiger charge is -2.21. The SMILES string of the molecule is COC1CC(C(=O)O)N(C(=O)c2cccc3cc[nH]c23)C1. The third-order valence-electron chi connectivity index (χ3n) is 3.96. The highest BCUT2D eigenvalue weighted by atomic mass is 16.5. The molecule has 0 saturated carbocycles. The van der Waals surface area contributed by atoms with Crippen LogP contribution in [0.5, 0.6) is 0 Å². The predicted molar refractivity (Wildman–Crippen MR) is 76.2 cm³/mol. The molecular weight excluding hydrogens is 272 g/mol. The number of para-hydroxylation sites is 1. The molecule has 2 unspecified atom stereocenters. The van der Waals surface area contributed by atoms with Crippen LogP contribution >= 0.6 is 0 Å². The first-order valence-corrected chi connectivity index (χ1v) is 6.74. The van der Waals surface area contributed by atoms with Crippen LogP contribution in [0.25, 0.3) is 10.9 Å². The molecule has 2 aromatic rings. The summed E-state index contributed by atoms with van der Waals surface area (Å²) in [6.45, 7) is 0.295. The summed E-state index contributed by atoms with van der Waals surface area (Å²) in [4.78, 5) is 28.5. The number of nitrogens with one attached hydrogen (secondary N) is 1. The quantitative estimate of drug-likeness (QED) is 0.896. The number of nitrogens with zero attached hydrogens (tertiary/aromatic N) is 1. The molecule has 3 rings (SSSR count). The van der Waals surface area contributed by atoms with Gasteiger partial charge in [-0.2, -0.15) is 0 Å². The Morgan fingerprint density at radius 1 is 1.38 bits per heavy atom. The maximum absolute atomic E-state index is 12.7. The van der Waals surface area contributed by atoms with E-state index in [0.29, 0.717) is 18.5 Å². The van der Waals surface area contributed by atoms with Crippen molar-refractivity contribution in [2.24, 2.45) is 0 Å². The molecule has 1 aliphatic rings. The first-order valence-electron chi connectivity index (χ1n) is 6.74. The van der Waals surface area contributed by atoms with Crippen LogP contribution in [0.1, 0.15) is 16.8 Å². The number of likely N-dealkylation sites (tertiary alicyclic amines) is 1. The van der Waals surface area contributed by atoms with Gasteiger partial charge in [-0.1, -0.05) is 12.1 Å². The second-order valence-electron chi connectivity index (χ2n) is 5.15. The lowest BCUT2D eigenvalue weighted by Crippen LogP contribution is -2.40. The van der Waals surface area contributed by atoms with Gasteiger partial charge in [0.05, 0.1) is 17.2 Å². The Labute approximate surface area is 121 Å². The molecule has 0 aliphatic carbocycles. The molecule has 110 valence electrons. The summed E-state index contributed by atoms with van der Waals surface area (Å²) in [5.74, 6) is -1.28. The number of carbonyl (C=O) groups is 2. The number of carboxylic acid groups (broad SMARTS) is 1. The maximum Gasteiger partial charge on any atom is 0.326 e. The van der Waals surface area contributed by atoms with Crippen LogP contribution in [0, 0.1) is 0 Å². The minimum Gasteiger partial charge on any atom is -0.480 e. The molecule has 21 heavy (non-hydrogen) atoms. The van der Waals surface area contributed by atoms with Crippen LogP contribution in [0.15, 0.2) is 30.5 Å². The average Bonchev–Trinajstić information content (AvgIpc) is 3.12. The van der Waals surface area contributed by atoms with Crippen molar-refractivity contribution in [3.63, 3.8) is 0 Å². The van der Waals surface area contributed by atoms with Gasteiger partial charge in [0, 0.05) is 31.7 Å². The second-order valence-corrected chi connectivity index (χ2v) is 5.15. The topological polar surface area (TPSA) is 82.6 Å². The smallest absolute Gasteiger partial charge is 0.326 e. The van der Waals surface area contributed by atoms with Gasteiger partial charge in [-0.3, -0.25) is 4.79 Å². The van der Waals surface area contributed by atoms with Gasteiger partial charge in [0.1, 0.15) is 6.04 Å². The number of aromatic amines is 1. The molecule has 6 nitrogen and oxygen atoms in total. The van der Waals surface area contributed by atoms with Crippen molar-refractivity contribution in [1.82, 2.24) is 9.88 Å². The molecule has 0 spiro atoms. The number of carboxylic acids is 1. The molecule has 1 aromatic heterocycles. The molecule has 2 atom stereocenters. The van der Waals surface area contributed by atoms with Gasteiger partial charge in [0.15, 0.2) is 0 Å². The van der Waals surface area contributed by atoms with E-state index in [1.165, 1.54) is 12.0 Å². The summed E-state index contributed by atoms with van der Waals surface area (Å²) in [6.07, 6.45) is 1.84. The number of hydrogen-bond donors (Lipinski definition) is 2. The summed E-state index contributed by atoms with van der Waals surface area (Å²) in [5.41, 5.74) is 1.22. The maximum atomic E-state index is 12.7. The highest BCUT2D eigenvalue weighted by molar-refractivity contribution is 6.06. The summed E-state index contributed by atoms with van der Waals surface area (Å²) in [5, 5.41) is 10.2. The molecular formula is C15H16N2O4. The number of H-pyrrole nitrogens is 1. The van der Waals surface area contributed by atoms with Gasteiger partial charge in [-0.15, -0.1) is 0 Å². The predicted octanol–water partition coefficient (Wildman–Crippen LogP) is 1.48. The molecule has 1 saturated heterocycles. The summed E-state index contributed by atoms with van der Waals surface area (Å²) < 4.78 is 5.22. The van der Waals surface area contributed by atoms with Crippen molar-refractivity contribution in [2.75, 3.05) is 13.7 Å². The first kappa shape index (κ1) is 13.6. The number of benzene rings is 1. The van der Waals surface area contributed by atoms with Crippen LogP contribution in [0.2, 0.25) is 0 Å². The number of aromatic nitrogens is 1. The molecule has 1 aliphatic heterocycles. The van der Waals surface area contributed by atoms with Crippen molar-refractivity contribution in [3.05, 3.63) is 36.0 Å². The third kappa shape index (κ3) is 2.27. The van der Waals surface area contributed by atoms with Crippen LogP contribution < -0.4 is 0 Å². The molecule has 2 heterocycles. The van der Waals surface area contributed by atoms with Gasteiger partial charge in [0.25, 0.3) is 5.91 Å². The number of aliphatic carboxylic acids is 1. The van der Waals surface area contributed by atoms with Crippen molar-refractivity contribution in [1.29, 1.82) is 0 Å². The highest BCUT2D eigenvalue weighted by Crippen LogP contribution is 2.25. The van der Waals surface area contributed by atoms with Crippen LogP contribution in [-0.4, -0.2) is 52.7 Å². The van der Waals surface area contributed by atoms with Gasteiger partial charge >= 0.3 is 5.97 Å². The number of ether oxygens (including phenoxy) is 1. The molecule has 1 fully saturated rings. The van der Waals surface area contributed by atoms with Crippen LogP contribution in [0.3, 0.4) is 0 Å². The zero-order chi connectivity index (χ0) is 15.0. The van der Waals surface area contributed by atoms with Crippen molar-refractivity contribution < 1.29 is 19.4 Å². The zero-order valence-electron chi connectivity index (χ0n) is 11.6. The fraction of sp³-hybridized carbons (Fsp3) is 0.333. The van der Waals surface area contributed by atoms with Crippen LogP contribution in [-0.2, 0) is 9.53 Å². The normalized spacial score (nSPS) is 21.9. The van der Waals surface area contributed by atoms with Crippen molar-refractivity contribution >= 4 is 22.8 Å².